The van der Waals surface area contributed by atoms with Gasteiger partial charge in [-0.1, -0.05) is 0 Å². The molecule has 0 spiro atoms. The van der Waals surface area contributed by atoms with E-state index in [0.29, 0.717) is 0 Å². The Kier molecular flexibility index (Phi) is 7.34. The van der Waals surface area contributed by atoms with Gasteiger partial charge in [-0.2, -0.15) is 0 Å². The van der Waals surface area contributed by atoms with Crippen LogP contribution in [0.2, 0.25) is 0 Å². The molecule has 0 bridgehead atoms. The average Bonchev–Trinajstić information content (AvgIpc) is 2.33. The summed E-state index contributed by atoms with van der Waals surface area (Å²) in [6, 6.07) is 0. The average molecular weight is 264 g/mol. The maximum absolute atomic E-state index is 9.15. The monoisotopic (exact) mass is 264 g/mol. The van der Waals surface area contributed by atoms with Crippen LogP contribution in [0.15, 0.2) is 0 Å². The van der Waals surface area contributed by atoms with Crippen molar-refractivity contribution in [3.8, 4) is 0 Å². The van der Waals surface area contributed by atoms with Gasteiger partial charge in [0.25, 0.3) is 0 Å². The van der Waals surface area contributed by atoms with Gasteiger partial charge in [-0.25, -0.2) is 0 Å². The second-order valence-electron chi connectivity index (χ2n) is 4.13. The van der Waals surface area contributed by atoms with Crippen LogP contribution in [0.5, 0.6) is 0 Å². The molecule has 0 unspecified atom stereocenters. The van der Waals surface area contributed by atoms with Crippen LogP contribution < -0.4 is 0 Å². The fraction of sp³-hybridized carbons (Fsp3) is 1.00. The molecule has 15 heavy (non-hydrogen) atoms. The summed E-state index contributed by atoms with van der Waals surface area (Å²) in [7, 11) is -5.33. The Labute approximate surface area is 89.9 Å². The van der Waals surface area contributed by atoms with E-state index in [1.54, 1.807) is 0 Å². The van der Waals surface area contributed by atoms with Crippen molar-refractivity contribution in [2.75, 3.05) is 44.0 Å². The van der Waals surface area contributed by atoms with Gasteiger partial charge in [0.05, 0.1) is 0 Å². The molecule has 0 rings (SSSR count). The number of hydrogen-bond acceptors (Lipinski definition) is 6. The van der Waals surface area contributed by atoms with Gasteiger partial charge in [-0.15, -0.1) is 0 Å². The van der Waals surface area contributed by atoms with E-state index < -0.39 is 14.5 Å². The number of hydrogen-bond donors (Lipinski definition) is 6. The first kappa shape index (κ1) is 15.6. The van der Waals surface area contributed by atoms with Crippen LogP contribution >= 0.6 is 14.5 Å². The van der Waals surface area contributed by atoms with Crippen molar-refractivity contribution in [2.45, 2.75) is 0 Å². The maximum atomic E-state index is 9.15. The Morgan fingerprint density at radius 3 is 0.800 bits per heavy atom. The van der Waals surface area contributed by atoms with Gasteiger partial charge in [-0.3, -0.25) is 0 Å². The predicted molar refractivity (Wildman–Crippen MR) is 64.0 cm³/mol. The zero-order valence-electron chi connectivity index (χ0n) is 8.63. The van der Waals surface area contributed by atoms with Crippen molar-refractivity contribution in [3.05, 3.63) is 0 Å². The van der Waals surface area contributed by atoms with E-state index in [4.69, 9.17) is 30.6 Å². The molecule has 0 saturated heterocycles. The summed E-state index contributed by atoms with van der Waals surface area (Å²) in [5, 5.41) is 54.9. The summed E-state index contributed by atoms with van der Waals surface area (Å²) in [5.74, 6) is 0.215. The van der Waals surface area contributed by atoms with Crippen LogP contribution in [-0.2, 0) is 0 Å². The third-order valence-corrected chi connectivity index (χ3v) is 12.8. The summed E-state index contributed by atoms with van der Waals surface area (Å²) < 4.78 is 0. The molecule has 0 aromatic carbocycles. The second-order valence-corrected chi connectivity index (χ2v) is 13.4. The van der Waals surface area contributed by atoms with Crippen LogP contribution in [0.3, 0.4) is 0 Å². The molecule has 0 aliphatic rings. The zero-order chi connectivity index (χ0) is 11.9. The van der Waals surface area contributed by atoms with Gasteiger partial charge in [-0.05, 0) is 0 Å². The third-order valence-electron chi connectivity index (χ3n) is 2.76. The second kappa shape index (κ2) is 7.05. The Bertz CT molecular complexity index is 136. The number of aliphatic hydroxyl groups is 6. The van der Waals surface area contributed by atoms with Crippen molar-refractivity contribution in [1.29, 1.82) is 0 Å². The molecule has 0 aliphatic carbocycles. The summed E-state index contributed by atoms with van der Waals surface area (Å²) in [6.45, 7) is 0. The Morgan fingerprint density at radius 1 is 0.467 bits per heavy atom. The molecule has 0 heterocycles. The van der Waals surface area contributed by atoms with Crippen molar-refractivity contribution in [3.63, 3.8) is 0 Å². The molecule has 96 valence electrons. The molecule has 0 amide bonds. The molecule has 6 N–H and O–H groups in total. The van der Waals surface area contributed by atoms with Crippen molar-refractivity contribution in [2.24, 2.45) is 0 Å². The molecule has 0 radical (unpaired) electrons. The summed E-state index contributed by atoms with van der Waals surface area (Å²) in [5.41, 5.74) is 0. The first-order valence-corrected chi connectivity index (χ1v) is 10.4. The quantitative estimate of drug-likeness (QED) is 0.286. The van der Waals surface area contributed by atoms with Gasteiger partial charge < -0.3 is 0 Å². The van der Waals surface area contributed by atoms with Gasteiger partial charge in [0.15, 0.2) is 0 Å². The van der Waals surface area contributed by atoms with E-state index in [1.807, 2.05) is 0 Å². The first-order valence-electron chi connectivity index (χ1n) is 4.73. The minimum atomic E-state index is -2.67. The standard InChI is InChI=1S/C7H22O6P2/c8-1-14(2-9,3-10)7-15(4-11,5-12)6-13/h8-15H,1-7H2. The number of aliphatic hydroxyl groups excluding tert-OH is 6. The van der Waals surface area contributed by atoms with E-state index in [-0.39, 0.29) is 44.0 Å². The van der Waals surface area contributed by atoms with Gasteiger partial charge in [0, 0.05) is 0 Å². The Balaban J connectivity index is 4.74. The fourth-order valence-corrected chi connectivity index (χ4v) is 11.1. The topological polar surface area (TPSA) is 121 Å². The van der Waals surface area contributed by atoms with Crippen molar-refractivity contribution >= 4 is 14.5 Å². The Morgan fingerprint density at radius 2 is 0.667 bits per heavy atom. The molecular formula is C7H22O6P2. The van der Waals surface area contributed by atoms with Crippen LogP contribution in [0.25, 0.3) is 0 Å². The van der Waals surface area contributed by atoms with Crippen molar-refractivity contribution < 1.29 is 30.6 Å². The fourth-order valence-electron chi connectivity index (χ4n) is 1.43. The summed E-state index contributed by atoms with van der Waals surface area (Å²) in [4.78, 5) is 0. The molecule has 0 saturated carbocycles. The normalized spacial score (nSPS) is 15.3. The molecule has 0 aromatic rings. The Hall–Kier alpha value is 0.620. The minimum absolute atomic E-state index is 0.215. The van der Waals surface area contributed by atoms with Crippen molar-refractivity contribution in [1.82, 2.24) is 0 Å². The molecule has 0 fully saturated rings. The molecule has 0 atom stereocenters. The van der Waals surface area contributed by atoms with Crippen LogP contribution in [0, 0.1) is 0 Å². The van der Waals surface area contributed by atoms with Crippen LogP contribution in [0.1, 0.15) is 0 Å². The van der Waals surface area contributed by atoms with Gasteiger partial charge in [0.1, 0.15) is 0 Å². The van der Waals surface area contributed by atoms with E-state index in [9.17, 15) is 0 Å². The van der Waals surface area contributed by atoms with Gasteiger partial charge in [0.2, 0.25) is 0 Å². The molecule has 0 aromatic heterocycles. The predicted octanol–water partition coefficient (Wildman–Crippen LogP) is -1.86. The first-order chi connectivity index (χ1) is 7.07. The van der Waals surface area contributed by atoms with Crippen LogP contribution in [-0.4, -0.2) is 74.6 Å². The summed E-state index contributed by atoms with van der Waals surface area (Å²) in [6.07, 6.45) is -1.86. The number of rotatable bonds is 8. The SMILES string of the molecule is OC[PH](CO)(CO)C[PH](CO)(CO)CO. The molecule has 6 nitrogen and oxygen atoms in total. The van der Waals surface area contributed by atoms with E-state index in [0.717, 1.165) is 0 Å². The molecular weight excluding hydrogens is 242 g/mol. The molecule has 0 aliphatic heterocycles. The zero-order valence-corrected chi connectivity index (χ0v) is 10.6. The van der Waals surface area contributed by atoms with E-state index in [1.165, 1.54) is 0 Å². The van der Waals surface area contributed by atoms with E-state index >= 15 is 0 Å². The van der Waals surface area contributed by atoms with Gasteiger partial charge >= 0.3 is 89.2 Å². The summed E-state index contributed by atoms with van der Waals surface area (Å²) >= 11 is 0. The molecule has 8 heteroatoms. The van der Waals surface area contributed by atoms with Crippen LogP contribution in [0.4, 0.5) is 0 Å². The van der Waals surface area contributed by atoms with E-state index in [2.05, 4.69) is 0 Å². The third kappa shape index (κ3) is 3.84.